The summed E-state index contributed by atoms with van der Waals surface area (Å²) >= 11 is 0. The van der Waals surface area contributed by atoms with Crippen LogP contribution in [-0.4, -0.2) is 71.6 Å². The van der Waals surface area contributed by atoms with Crippen LogP contribution in [-0.2, 0) is 19.1 Å². The van der Waals surface area contributed by atoms with Gasteiger partial charge in [0.25, 0.3) is 17.7 Å². The molecule has 0 saturated carbocycles. The zero-order valence-corrected chi connectivity index (χ0v) is 19.9. The number of ether oxygens (including phenoxy) is 1. The summed E-state index contributed by atoms with van der Waals surface area (Å²) in [5.74, 6) is -5.34. The third kappa shape index (κ3) is 6.42. The molecular formula is C25H27F2N3O6. The van der Waals surface area contributed by atoms with Crippen LogP contribution in [0.5, 0.6) is 0 Å². The fourth-order valence-electron chi connectivity index (χ4n) is 4.19. The van der Waals surface area contributed by atoms with Gasteiger partial charge in [-0.05, 0) is 31.0 Å². The summed E-state index contributed by atoms with van der Waals surface area (Å²) in [4.78, 5) is 53.3. The number of benzene rings is 2. The van der Waals surface area contributed by atoms with Gasteiger partial charge in [-0.3, -0.25) is 19.2 Å². The topological polar surface area (TPSA) is 116 Å². The predicted molar refractivity (Wildman–Crippen MR) is 124 cm³/mol. The summed E-state index contributed by atoms with van der Waals surface area (Å²) in [7, 11) is 1.30. The molecule has 1 fully saturated rings. The molecule has 3 rings (SSSR count). The van der Waals surface area contributed by atoms with Gasteiger partial charge in [-0.25, -0.2) is 8.78 Å². The molecule has 0 bridgehead atoms. The first kappa shape index (κ1) is 26.7. The Bertz CT molecular complexity index is 1140. The van der Waals surface area contributed by atoms with E-state index in [1.165, 1.54) is 7.11 Å². The highest BCUT2D eigenvalue weighted by Gasteiger charge is 2.41. The van der Waals surface area contributed by atoms with Crippen molar-refractivity contribution in [1.29, 1.82) is 0 Å². The number of methoxy groups -OCH3 is 1. The van der Waals surface area contributed by atoms with Crippen LogP contribution in [0.3, 0.4) is 0 Å². The first-order valence-electron chi connectivity index (χ1n) is 11.2. The van der Waals surface area contributed by atoms with Crippen molar-refractivity contribution in [2.45, 2.75) is 32.0 Å². The first-order chi connectivity index (χ1) is 17.1. The lowest BCUT2D eigenvalue weighted by Gasteiger charge is -2.43. The van der Waals surface area contributed by atoms with Crippen molar-refractivity contribution in [2.75, 3.05) is 26.8 Å². The van der Waals surface area contributed by atoms with E-state index >= 15 is 0 Å². The number of nitrogens with zero attached hydrogens (tertiary/aromatic N) is 2. The van der Waals surface area contributed by atoms with Crippen molar-refractivity contribution in [1.82, 2.24) is 15.1 Å². The summed E-state index contributed by atoms with van der Waals surface area (Å²) in [5, 5.41) is 12.1. The third-order valence-electron chi connectivity index (χ3n) is 5.72. The van der Waals surface area contributed by atoms with E-state index in [-0.39, 0.29) is 25.3 Å². The number of halogens is 2. The van der Waals surface area contributed by atoms with Crippen molar-refractivity contribution in [2.24, 2.45) is 0 Å². The third-order valence-corrected chi connectivity index (χ3v) is 5.72. The zero-order valence-electron chi connectivity index (χ0n) is 19.9. The molecule has 0 radical (unpaired) electrons. The van der Waals surface area contributed by atoms with Gasteiger partial charge in [0.15, 0.2) is 6.17 Å². The fourth-order valence-corrected chi connectivity index (χ4v) is 4.19. The number of carboxylic acids is 1. The average Bonchev–Trinajstić information content (AvgIpc) is 2.82. The number of hydrogen-bond acceptors (Lipinski definition) is 5. The summed E-state index contributed by atoms with van der Waals surface area (Å²) in [5.41, 5.74) is 1.05. The van der Waals surface area contributed by atoms with E-state index < -0.39 is 54.0 Å². The molecule has 1 aliphatic rings. The molecule has 1 heterocycles. The van der Waals surface area contributed by atoms with E-state index in [1.807, 2.05) is 13.0 Å². The number of amides is 3. The largest absolute Gasteiger partial charge is 0.481 e. The van der Waals surface area contributed by atoms with Crippen LogP contribution in [0.2, 0.25) is 0 Å². The highest BCUT2D eigenvalue weighted by Crippen LogP contribution is 2.23. The molecule has 11 heteroatoms. The van der Waals surface area contributed by atoms with E-state index in [2.05, 4.69) is 5.32 Å². The van der Waals surface area contributed by atoms with E-state index in [0.29, 0.717) is 18.1 Å². The number of aryl methyl sites for hydroxylation is 1. The second kappa shape index (κ2) is 11.7. The van der Waals surface area contributed by atoms with Gasteiger partial charge in [0, 0.05) is 31.8 Å². The van der Waals surface area contributed by atoms with Gasteiger partial charge in [0.05, 0.1) is 12.5 Å². The molecule has 9 nitrogen and oxygen atoms in total. The van der Waals surface area contributed by atoms with Crippen LogP contribution in [0.1, 0.15) is 40.4 Å². The molecular weight excluding hydrogens is 476 g/mol. The van der Waals surface area contributed by atoms with E-state index in [9.17, 15) is 33.1 Å². The Labute approximate surface area is 206 Å². The van der Waals surface area contributed by atoms with Crippen LogP contribution in [0.4, 0.5) is 8.78 Å². The van der Waals surface area contributed by atoms with Gasteiger partial charge in [0.1, 0.15) is 18.2 Å². The normalized spacial score (nSPS) is 16.4. The second-order valence-electron chi connectivity index (χ2n) is 8.48. The van der Waals surface area contributed by atoms with E-state index in [1.54, 1.807) is 18.2 Å². The lowest BCUT2D eigenvalue weighted by Crippen LogP contribution is -2.64. The predicted octanol–water partition coefficient (Wildman–Crippen LogP) is 2.25. The van der Waals surface area contributed by atoms with Gasteiger partial charge in [-0.1, -0.05) is 29.8 Å². The van der Waals surface area contributed by atoms with Crippen LogP contribution in [0.15, 0.2) is 42.5 Å². The van der Waals surface area contributed by atoms with Crippen LogP contribution in [0, 0.1) is 18.6 Å². The quantitative estimate of drug-likeness (QED) is 0.571. The maximum absolute atomic E-state index is 13.8. The zero-order chi connectivity index (χ0) is 26.4. The maximum Gasteiger partial charge on any atom is 0.305 e. The molecule has 2 aromatic carbocycles. The minimum absolute atomic E-state index is 0.0276. The smallest absolute Gasteiger partial charge is 0.305 e. The monoisotopic (exact) mass is 503 g/mol. The minimum Gasteiger partial charge on any atom is -0.481 e. The van der Waals surface area contributed by atoms with Gasteiger partial charge in [-0.15, -0.1) is 0 Å². The van der Waals surface area contributed by atoms with Gasteiger partial charge < -0.3 is 25.0 Å². The maximum atomic E-state index is 13.8. The van der Waals surface area contributed by atoms with Crippen molar-refractivity contribution >= 4 is 23.7 Å². The number of aliphatic carboxylic acids is 1. The standard InChI is InChI=1S/C25H27F2N3O6/c1-15-5-3-6-16(9-15)20(13-22(32)33)28-23(34)24-29(21(31)14-36-2)7-4-8-30(24)25(35)17-10-18(26)12-19(27)11-17/h3,5-6,9-12,20,24H,4,7-8,13-14H2,1-2H3,(H,28,34)(H,32,33). The Morgan fingerprint density at radius 1 is 1.08 bits per heavy atom. The highest BCUT2D eigenvalue weighted by molar-refractivity contribution is 5.99. The number of hydrogen-bond donors (Lipinski definition) is 2. The number of carbonyl (C=O) groups is 4. The molecule has 2 unspecified atom stereocenters. The average molecular weight is 504 g/mol. The van der Waals surface area contributed by atoms with Crippen molar-refractivity contribution in [3.8, 4) is 0 Å². The second-order valence-corrected chi connectivity index (χ2v) is 8.48. The molecule has 2 atom stereocenters. The van der Waals surface area contributed by atoms with Crippen molar-refractivity contribution < 1.29 is 37.8 Å². The minimum atomic E-state index is -1.48. The highest BCUT2D eigenvalue weighted by atomic mass is 19.1. The first-order valence-corrected chi connectivity index (χ1v) is 11.2. The fraction of sp³-hybridized carbons (Fsp3) is 0.360. The summed E-state index contributed by atoms with van der Waals surface area (Å²) in [6.45, 7) is 1.60. The molecule has 1 aliphatic heterocycles. The lowest BCUT2D eigenvalue weighted by molar-refractivity contribution is -0.152. The molecule has 3 amide bonds. The SMILES string of the molecule is COCC(=O)N1CCCN(C(=O)c2cc(F)cc(F)c2)C1C(=O)NC(CC(=O)O)c1cccc(C)c1. The summed E-state index contributed by atoms with van der Waals surface area (Å²) in [6, 6.07) is 8.26. The number of rotatable bonds is 8. The lowest BCUT2D eigenvalue weighted by atomic mass is 10.0. The van der Waals surface area contributed by atoms with Gasteiger partial charge in [0.2, 0.25) is 0 Å². The van der Waals surface area contributed by atoms with Crippen molar-refractivity contribution in [3.63, 3.8) is 0 Å². The van der Waals surface area contributed by atoms with Crippen LogP contribution in [0.25, 0.3) is 0 Å². The Morgan fingerprint density at radius 2 is 1.75 bits per heavy atom. The Kier molecular flexibility index (Phi) is 8.70. The number of nitrogens with one attached hydrogen (secondary N) is 1. The number of carbonyl (C=O) groups excluding carboxylic acids is 3. The van der Waals surface area contributed by atoms with Crippen LogP contribution < -0.4 is 5.32 Å². The van der Waals surface area contributed by atoms with E-state index in [0.717, 1.165) is 27.5 Å². The summed E-state index contributed by atoms with van der Waals surface area (Å²) < 4.78 is 32.5. The number of carboxylic acid groups (broad SMARTS) is 1. The molecule has 36 heavy (non-hydrogen) atoms. The molecule has 0 aromatic heterocycles. The molecule has 192 valence electrons. The Balaban J connectivity index is 1.98. The molecule has 2 aromatic rings. The van der Waals surface area contributed by atoms with Crippen molar-refractivity contribution in [3.05, 3.63) is 70.8 Å². The molecule has 2 N–H and O–H groups in total. The molecule has 0 spiro atoms. The van der Waals surface area contributed by atoms with E-state index in [4.69, 9.17) is 4.74 Å². The summed E-state index contributed by atoms with van der Waals surface area (Å²) in [6.07, 6.45) is -1.63. The van der Waals surface area contributed by atoms with Gasteiger partial charge >= 0.3 is 5.97 Å². The Hall–Kier alpha value is -3.86. The van der Waals surface area contributed by atoms with Crippen LogP contribution >= 0.6 is 0 Å². The molecule has 1 saturated heterocycles. The Morgan fingerprint density at radius 3 is 2.36 bits per heavy atom. The molecule has 0 aliphatic carbocycles. The van der Waals surface area contributed by atoms with Gasteiger partial charge in [-0.2, -0.15) is 0 Å².